The van der Waals surface area contributed by atoms with Crippen molar-refractivity contribution < 1.29 is 36.3 Å². The number of oxime groups is 1. The fourth-order valence-corrected chi connectivity index (χ4v) is 6.67. The normalized spacial score (nSPS) is 18.6. The van der Waals surface area contributed by atoms with E-state index < -0.39 is 29.5 Å². The summed E-state index contributed by atoms with van der Waals surface area (Å²) in [7, 11) is 0. The number of aryl methyl sites for hydroxylation is 1. The first-order valence-corrected chi connectivity index (χ1v) is 15.7. The number of halogens is 6. The van der Waals surface area contributed by atoms with E-state index in [1.165, 1.54) is 19.3 Å². The molecule has 3 aromatic rings. The van der Waals surface area contributed by atoms with Gasteiger partial charge in [-0.3, -0.25) is 9.69 Å². The molecule has 0 saturated carbocycles. The minimum absolute atomic E-state index is 0.0495. The van der Waals surface area contributed by atoms with Crippen molar-refractivity contribution in [2.24, 2.45) is 5.16 Å². The third-order valence-electron chi connectivity index (χ3n) is 9.11. The van der Waals surface area contributed by atoms with Crippen LogP contribution in [0.5, 0.6) is 0 Å². The number of hydrogen-bond acceptors (Lipinski definition) is 5. The van der Waals surface area contributed by atoms with Gasteiger partial charge >= 0.3 is 12.4 Å². The van der Waals surface area contributed by atoms with Gasteiger partial charge in [-0.05, 0) is 87.0 Å². The third-order valence-corrected chi connectivity index (χ3v) is 9.11. The summed E-state index contributed by atoms with van der Waals surface area (Å²) in [5.74, 6) is -0.305. The zero-order chi connectivity index (χ0) is 32.9. The van der Waals surface area contributed by atoms with E-state index in [-0.39, 0.29) is 49.1 Å². The quantitative estimate of drug-likeness (QED) is 0.0993. The summed E-state index contributed by atoms with van der Waals surface area (Å²) in [5.41, 5.74) is -1.32. The fraction of sp³-hybridized carbons (Fsp3) is 0.515. The number of carbonyl (C=O) groups excluding carboxylic acids is 1. The van der Waals surface area contributed by atoms with Gasteiger partial charge in [0.1, 0.15) is 0 Å². The second-order valence-corrected chi connectivity index (χ2v) is 12.3. The standard InChI is InChI=1S/C33H39F6N5O2/c34-32(35,36)24-16-22(17-25(19-24)33(37,38)39)8-9-29(42-46)30(18-23-20-40-28-7-3-2-6-27(23)28)41-31(45)21-43-14-10-26(11-15-43)44-12-4-1-5-13-44/h2-3,6-7,16-17,19-20,26,30,40,46H,1,4-5,8-15,18,21H2,(H,41,45)/b42-29+. The molecule has 2 aliphatic rings. The number of aromatic nitrogens is 1. The molecule has 46 heavy (non-hydrogen) atoms. The lowest BCUT2D eigenvalue weighted by Crippen LogP contribution is -2.51. The molecule has 2 aliphatic heterocycles. The Labute approximate surface area is 263 Å². The summed E-state index contributed by atoms with van der Waals surface area (Å²) in [6.45, 7) is 3.88. The highest BCUT2D eigenvalue weighted by atomic mass is 19.4. The highest BCUT2D eigenvalue weighted by Crippen LogP contribution is 2.36. The van der Waals surface area contributed by atoms with Crippen molar-refractivity contribution in [3.63, 3.8) is 0 Å². The molecule has 1 amide bonds. The van der Waals surface area contributed by atoms with Crippen molar-refractivity contribution in [1.82, 2.24) is 20.1 Å². The minimum Gasteiger partial charge on any atom is -0.411 e. The Morgan fingerprint density at radius 3 is 2.24 bits per heavy atom. The average molecular weight is 652 g/mol. The summed E-state index contributed by atoms with van der Waals surface area (Å²) < 4.78 is 80.6. The van der Waals surface area contributed by atoms with Crippen molar-refractivity contribution in [3.05, 3.63) is 70.9 Å². The molecule has 250 valence electrons. The number of alkyl halides is 6. The number of nitrogens with one attached hydrogen (secondary N) is 2. The predicted molar refractivity (Wildman–Crippen MR) is 163 cm³/mol. The van der Waals surface area contributed by atoms with Crippen LogP contribution in [0.2, 0.25) is 0 Å². The van der Waals surface area contributed by atoms with Crippen LogP contribution in [0.25, 0.3) is 10.9 Å². The Balaban J connectivity index is 1.30. The van der Waals surface area contributed by atoms with Crippen LogP contribution in [-0.2, 0) is 30.0 Å². The van der Waals surface area contributed by atoms with Gasteiger partial charge in [0.05, 0.1) is 29.4 Å². The van der Waals surface area contributed by atoms with Crippen LogP contribution in [0.1, 0.15) is 60.8 Å². The average Bonchev–Trinajstić information content (AvgIpc) is 3.43. The highest BCUT2D eigenvalue weighted by Gasteiger charge is 2.37. The molecule has 3 heterocycles. The Morgan fingerprint density at radius 2 is 1.61 bits per heavy atom. The molecule has 2 fully saturated rings. The number of benzene rings is 2. The van der Waals surface area contributed by atoms with Crippen LogP contribution in [0.3, 0.4) is 0 Å². The minimum atomic E-state index is -4.97. The third kappa shape index (κ3) is 8.61. The molecular weight excluding hydrogens is 612 g/mol. The van der Waals surface area contributed by atoms with E-state index in [0.717, 1.165) is 55.5 Å². The van der Waals surface area contributed by atoms with E-state index >= 15 is 0 Å². The maximum absolute atomic E-state index is 13.4. The maximum atomic E-state index is 13.4. The van der Waals surface area contributed by atoms with Gasteiger partial charge in [0, 0.05) is 42.7 Å². The van der Waals surface area contributed by atoms with Crippen LogP contribution in [0.15, 0.2) is 53.8 Å². The van der Waals surface area contributed by atoms with E-state index in [0.29, 0.717) is 18.2 Å². The number of H-pyrrole nitrogens is 1. The largest absolute Gasteiger partial charge is 0.416 e. The summed E-state index contributed by atoms with van der Waals surface area (Å²) in [6.07, 6.45) is -2.80. The molecular formula is C33H39F6N5O2. The van der Waals surface area contributed by atoms with Crippen LogP contribution in [-0.4, -0.2) is 76.4 Å². The van der Waals surface area contributed by atoms with Gasteiger partial charge in [-0.2, -0.15) is 26.3 Å². The predicted octanol–water partition coefficient (Wildman–Crippen LogP) is 6.65. The molecule has 1 atom stereocenters. The Morgan fingerprint density at radius 1 is 0.957 bits per heavy atom. The lowest BCUT2D eigenvalue weighted by Gasteiger charge is -2.40. The Bertz CT molecular complexity index is 1470. The van der Waals surface area contributed by atoms with E-state index in [1.54, 1.807) is 6.20 Å². The number of nitrogens with zero attached hydrogens (tertiary/aromatic N) is 3. The molecule has 0 aliphatic carbocycles. The number of aromatic amines is 1. The molecule has 7 nitrogen and oxygen atoms in total. The van der Waals surface area contributed by atoms with E-state index in [9.17, 15) is 36.3 Å². The summed E-state index contributed by atoms with van der Waals surface area (Å²) in [5, 5.41) is 17.2. The number of fused-ring (bicyclic) bond motifs is 1. The molecule has 3 N–H and O–H groups in total. The SMILES string of the molecule is O=C(CN1CCC(N2CCCCC2)CC1)NC(Cc1c[nH]c2ccccc12)/C(CCc1cc(C(F)(F)F)cc(C(F)(F)F)c1)=N/O. The number of rotatable bonds is 10. The van der Waals surface area contributed by atoms with Crippen molar-refractivity contribution in [2.45, 2.75) is 75.8 Å². The van der Waals surface area contributed by atoms with Gasteiger partial charge in [0.25, 0.3) is 0 Å². The van der Waals surface area contributed by atoms with Crippen molar-refractivity contribution in [2.75, 3.05) is 32.7 Å². The smallest absolute Gasteiger partial charge is 0.411 e. The van der Waals surface area contributed by atoms with Crippen molar-refractivity contribution in [3.8, 4) is 0 Å². The number of para-hydroxylation sites is 1. The summed E-state index contributed by atoms with van der Waals surface area (Å²) in [6, 6.07) is 8.58. The van der Waals surface area contributed by atoms with Crippen LogP contribution in [0, 0.1) is 0 Å². The van der Waals surface area contributed by atoms with Crippen LogP contribution in [0.4, 0.5) is 26.3 Å². The highest BCUT2D eigenvalue weighted by molar-refractivity contribution is 5.94. The van der Waals surface area contributed by atoms with Crippen LogP contribution >= 0.6 is 0 Å². The first kappa shape index (κ1) is 33.8. The second kappa shape index (κ2) is 14.5. The number of likely N-dealkylation sites (tertiary alicyclic amines) is 2. The first-order chi connectivity index (χ1) is 21.9. The molecule has 5 rings (SSSR count). The van der Waals surface area contributed by atoms with Gasteiger partial charge in [0.2, 0.25) is 5.91 Å². The summed E-state index contributed by atoms with van der Waals surface area (Å²) >= 11 is 0. The van der Waals surface area contributed by atoms with Crippen molar-refractivity contribution in [1.29, 1.82) is 0 Å². The van der Waals surface area contributed by atoms with E-state index in [1.807, 2.05) is 24.3 Å². The van der Waals surface area contributed by atoms with Gasteiger partial charge in [-0.15, -0.1) is 0 Å². The zero-order valence-corrected chi connectivity index (χ0v) is 25.4. The number of carbonyl (C=O) groups is 1. The van der Waals surface area contributed by atoms with Crippen molar-refractivity contribution >= 4 is 22.5 Å². The molecule has 2 saturated heterocycles. The lowest BCUT2D eigenvalue weighted by atomic mass is 9.95. The van der Waals surface area contributed by atoms with E-state index in [2.05, 4.69) is 25.3 Å². The summed E-state index contributed by atoms with van der Waals surface area (Å²) in [4.78, 5) is 21.1. The Hall–Kier alpha value is -3.58. The van der Waals surface area contributed by atoms with Gasteiger partial charge < -0.3 is 20.4 Å². The van der Waals surface area contributed by atoms with E-state index in [4.69, 9.17) is 0 Å². The van der Waals surface area contributed by atoms with Gasteiger partial charge in [0.15, 0.2) is 0 Å². The molecule has 1 unspecified atom stereocenters. The monoisotopic (exact) mass is 651 g/mol. The topological polar surface area (TPSA) is 84.0 Å². The molecule has 1 aromatic heterocycles. The Kier molecular flexibility index (Phi) is 10.6. The molecule has 0 spiro atoms. The number of hydrogen-bond donors (Lipinski definition) is 3. The van der Waals surface area contributed by atoms with Gasteiger partial charge in [-0.1, -0.05) is 29.8 Å². The molecule has 0 radical (unpaired) electrons. The zero-order valence-electron chi connectivity index (χ0n) is 25.4. The molecule has 2 aromatic carbocycles. The lowest BCUT2D eigenvalue weighted by molar-refractivity contribution is -0.143. The molecule has 13 heteroatoms. The molecule has 0 bridgehead atoms. The maximum Gasteiger partial charge on any atom is 0.416 e. The number of amides is 1. The second-order valence-electron chi connectivity index (χ2n) is 12.3. The first-order valence-electron chi connectivity index (χ1n) is 15.7. The van der Waals surface area contributed by atoms with Crippen LogP contribution < -0.4 is 5.32 Å². The number of piperidine rings is 2. The fourth-order valence-electron chi connectivity index (χ4n) is 6.67. The van der Waals surface area contributed by atoms with Gasteiger partial charge in [-0.25, -0.2) is 0 Å².